The topological polar surface area (TPSA) is 142 Å². The molecule has 1 heterocycles. The van der Waals surface area contributed by atoms with Gasteiger partial charge in [0.25, 0.3) is 0 Å². The maximum atomic E-state index is 11.5. The Hall–Kier alpha value is -2.08. The molecule has 0 aromatic carbocycles. The molecule has 0 amide bonds. The number of carbonyl (C=O) groups excluding carboxylic acids is 1. The molecule has 0 unspecified atom stereocenters. The number of nitrogens with zero attached hydrogens (tertiary/aromatic N) is 4. The van der Waals surface area contributed by atoms with Crippen LogP contribution in [0.3, 0.4) is 0 Å². The average molecular weight is 402 g/mol. The summed E-state index contributed by atoms with van der Waals surface area (Å²) in [6.45, 7) is 4.37. The van der Waals surface area contributed by atoms with Crippen LogP contribution in [-0.2, 0) is 19.2 Å². The summed E-state index contributed by atoms with van der Waals surface area (Å²) in [6, 6.07) is 0. The Morgan fingerprint density at radius 2 is 0.750 bits per heavy atom. The fraction of sp³-hybridized carbons (Fsp3) is 0.765. The van der Waals surface area contributed by atoms with Crippen LogP contribution in [0.2, 0.25) is 0 Å². The van der Waals surface area contributed by atoms with E-state index in [0.717, 1.165) is 0 Å². The van der Waals surface area contributed by atoms with Gasteiger partial charge in [-0.05, 0) is 6.92 Å². The fourth-order valence-corrected chi connectivity index (χ4v) is 3.10. The molecule has 11 heteroatoms. The molecule has 28 heavy (non-hydrogen) atoms. The lowest BCUT2D eigenvalue weighted by molar-refractivity contribution is -0.140. The highest BCUT2D eigenvalue weighted by Crippen LogP contribution is 2.01. The van der Waals surface area contributed by atoms with E-state index in [9.17, 15) is 19.2 Å². The molecule has 0 aromatic heterocycles. The second kappa shape index (κ2) is 12.4. The summed E-state index contributed by atoms with van der Waals surface area (Å²) in [5.74, 6) is -2.95. The maximum absolute atomic E-state index is 11.5. The van der Waals surface area contributed by atoms with Crippen LogP contribution in [0.4, 0.5) is 0 Å². The molecular formula is C17H30N4O7. The SMILES string of the molecule is CC(=O)CN1CCN(CC(=O)O)CCN(CC(=O)O)CCN(CC(=O)O)CC1. The summed E-state index contributed by atoms with van der Waals surface area (Å²) < 4.78 is 0. The summed E-state index contributed by atoms with van der Waals surface area (Å²) in [6.07, 6.45) is 0. The molecule has 1 fully saturated rings. The Morgan fingerprint density at radius 3 is 0.929 bits per heavy atom. The van der Waals surface area contributed by atoms with Crippen molar-refractivity contribution in [3.05, 3.63) is 0 Å². The van der Waals surface area contributed by atoms with E-state index < -0.39 is 17.9 Å². The first-order valence-corrected chi connectivity index (χ1v) is 9.20. The highest BCUT2D eigenvalue weighted by atomic mass is 16.4. The first kappa shape index (κ1) is 24.0. The van der Waals surface area contributed by atoms with Gasteiger partial charge in [0, 0.05) is 52.4 Å². The highest BCUT2D eigenvalue weighted by molar-refractivity contribution is 5.77. The van der Waals surface area contributed by atoms with Crippen LogP contribution in [-0.4, -0.2) is 137 Å². The van der Waals surface area contributed by atoms with Crippen LogP contribution in [0.1, 0.15) is 6.92 Å². The first-order valence-electron chi connectivity index (χ1n) is 9.20. The van der Waals surface area contributed by atoms with E-state index in [-0.39, 0.29) is 32.0 Å². The molecule has 0 saturated carbocycles. The minimum absolute atomic E-state index is 0.0192. The first-order chi connectivity index (χ1) is 13.2. The van der Waals surface area contributed by atoms with Crippen molar-refractivity contribution in [3.63, 3.8) is 0 Å². The Kier molecular flexibility index (Phi) is 10.6. The van der Waals surface area contributed by atoms with Crippen molar-refractivity contribution in [2.24, 2.45) is 0 Å². The van der Waals surface area contributed by atoms with Crippen molar-refractivity contribution in [3.8, 4) is 0 Å². The van der Waals surface area contributed by atoms with Gasteiger partial charge in [-0.25, -0.2) is 0 Å². The molecule has 160 valence electrons. The quantitative estimate of drug-likeness (QED) is 0.417. The van der Waals surface area contributed by atoms with Crippen molar-refractivity contribution in [1.29, 1.82) is 0 Å². The van der Waals surface area contributed by atoms with Crippen molar-refractivity contribution in [2.75, 3.05) is 78.5 Å². The van der Waals surface area contributed by atoms with Gasteiger partial charge in [0.15, 0.2) is 0 Å². The second-order valence-corrected chi connectivity index (χ2v) is 6.99. The Balaban J connectivity index is 2.90. The van der Waals surface area contributed by atoms with Gasteiger partial charge in [-0.1, -0.05) is 0 Å². The molecule has 11 nitrogen and oxygen atoms in total. The number of rotatable bonds is 8. The van der Waals surface area contributed by atoms with Crippen LogP contribution >= 0.6 is 0 Å². The molecule has 1 aliphatic heterocycles. The van der Waals surface area contributed by atoms with E-state index in [1.165, 1.54) is 6.92 Å². The Bertz CT molecular complexity index is 446. The number of Topliss-reactive ketones (excluding diaryl/α,β-unsaturated/α-hetero) is 1. The molecule has 0 atom stereocenters. The molecule has 0 bridgehead atoms. The van der Waals surface area contributed by atoms with Gasteiger partial charge in [-0.15, -0.1) is 0 Å². The van der Waals surface area contributed by atoms with Crippen LogP contribution in [0.5, 0.6) is 0 Å². The summed E-state index contributed by atoms with van der Waals surface area (Å²) in [5, 5.41) is 27.3. The average Bonchev–Trinajstić information content (AvgIpc) is 2.55. The predicted octanol–water partition coefficient (Wildman–Crippen LogP) is -1.95. The number of carbonyl (C=O) groups is 4. The van der Waals surface area contributed by atoms with Gasteiger partial charge in [-0.2, -0.15) is 0 Å². The molecule has 0 radical (unpaired) electrons. The van der Waals surface area contributed by atoms with Crippen molar-refractivity contribution in [1.82, 2.24) is 19.6 Å². The highest BCUT2D eigenvalue weighted by Gasteiger charge is 2.20. The van der Waals surface area contributed by atoms with Crippen molar-refractivity contribution < 1.29 is 34.5 Å². The third kappa shape index (κ3) is 10.9. The van der Waals surface area contributed by atoms with Gasteiger partial charge in [0.05, 0.1) is 26.2 Å². The molecule has 0 spiro atoms. The lowest BCUT2D eigenvalue weighted by Gasteiger charge is -2.32. The molecule has 3 N–H and O–H groups in total. The van der Waals surface area contributed by atoms with Gasteiger partial charge in [0.2, 0.25) is 0 Å². The van der Waals surface area contributed by atoms with E-state index in [1.807, 2.05) is 4.90 Å². The number of ketones is 1. The molecule has 1 rings (SSSR count). The monoisotopic (exact) mass is 402 g/mol. The molecule has 0 aromatic rings. The molecular weight excluding hydrogens is 372 g/mol. The number of hydrogen-bond acceptors (Lipinski definition) is 8. The lowest BCUT2D eigenvalue weighted by atomic mass is 10.3. The van der Waals surface area contributed by atoms with E-state index in [0.29, 0.717) is 52.4 Å². The normalized spacial score (nSPS) is 19.5. The van der Waals surface area contributed by atoms with E-state index in [1.54, 1.807) is 14.7 Å². The standard InChI is InChI=1S/C17H30N4O7/c1-14(22)10-18-2-4-19(11-15(23)24)6-8-21(13-17(27)28)9-7-20(5-3-18)12-16(25)26/h2-13H2,1H3,(H,23,24)(H,25,26)(H,27,28). The van der Waals surface area contributed by atoms with Gasteiger partial charge >= 0.3 is 17.9 Å². The molecule has 1 saturated heterocycles. The molecule has 0 aliphatic carbocycles. The van der Waals surface area contributed by atoms with E-state index >= 15 is 0 Å². The largest absolute Gasteiger partial charge is 0.480 e. The van der Waals surface area contributed by atoms with Crippen LogP contribution in [0.15, 0.2) is 0 Å². The third-order valence-corrected chi connectivity index (χ3v) is 4.45. The summed E-state index contributed by atoms with van der Waals surface area (Å²) in [4.78, 5) is 51.9. The number of carboxylic acids is 3. The minimum atomic E-state index is -0.991. The lowest BCUT2D eigenvalue weighted by Crippen LogP contribution is -2.49. The number of aliphatic carboxylic acids is 3. The zero-order valence-electron chi connectivity index (χ0n) is 16.2. The zero-order chi connectivity index (χ0) is 21.1. The van der Waals surface area contributed by atoms with E-state index in [2.05, 4.69) is 0 Å². The summed E-state index contributed by atoms with van der Waals surface area (Å²) in [7, 11) is 0. The predicted molar refractivity (Wildman–Crippen MR) is 99.3 cm³/mol. The van der Waals surface area contributed by atoms with Crippen LogP contribution in [0, 0.1) is 0 Å². The number of carboxylic acid groups (broad SMARTS) is 3. The van der Waals surface area contributed by atoms with Gasteiger partial charge < -0.3 is 15.3 Å². The van der Waals surface area contributed by atoms with Gasteiger partial charge in [0.1, 0.15) is 5.78 Å². The Morgan fingerprint density at radius 1 is 0.536 bits per heavy atom. The minimum Gasteiger partial charge on any atom is -0.480 e. The van der Waals surface area contributed by atoms with Crippen molar-refractivity contribution in [2.45, 2.75) is 6.92 Å². The van der Waals surface area contributed by atoms with Gasteiger partial charge in [-0.3, -0.25) is 38.8 Å². The number of hydrogen-bond donors (Lipinski definition) is 3. The van der Waals surface area contributed by atoms with Crippen LogP contribution < -0.4 is 0 Å². The Labute approximate surface area is 164 Å². The summed E-state index contributed by atoms with van der Waals surface area (Å²) >= 11 is 0. The second-order valence-electron chi connectivity index (χ2n) is 6.99. The zero-order valence-corrected chi connectivity index (χ0v) is 16.2. The van der Waals surface area contributed by atoms with Crippen LogP contribution in [0.25, 0.3) is 0 Å². The maximum Gasteiger partial charge on any atom is 0.317 e. The summed E-state index contributed by atoms with van der Waals surface area (Å²) in [5.41, 5.74) is 0. The van der Waals surface area contributed by atoms with Crippen molar-refractivity contribution >= 4 is 23.7 Å². The smallest absolute Gasteiger partial charge is 0.317 e. The third-order valence-electron chi connectivity index (χ3n) is 4.45. The molecule has 1 aliphatic rings. The van der Waals surface area contributed by atoms with E-state index in [4.69, 9.17) is 15.3 Å². The fourth-order valence-electron chi connectivity index (χ4n) is 3.10.